The van der Waals surface area contributed by atoms with E-state index in [9.17, 15) is 0 Å². The van der Waals surface area contributed by atoms with Crippen molar-refractivity contribution in [2.24, 2.45) is 0 Å². The summed E-state index contributed by atoms with van der Waals surface area (Å²) in [4.78, 5) is 0. The fourth-order valence-electron chi connectivity index (χ4n) is 1.42. The monoisotopic (exact) mass is 181 g/mol. The Hall–Kier alpha value is -0.920. The molecular weight excluding hydrogens is 162 g/mol. The molecule has 0 radical (unpaired) electrons. The zero-order valence-electron chi connectivity index (χ0n) is 8.60. The zero-order valence-corrected chi connectivity index (χ0v) is 8.60. The molecule has 13 heavy (non-hydrogen) atoms. The molecule has 74 valence electrons. The van der Waals surface area contributed by atoms with Gasteiger partial charge in [0, 0.05) is 19.4 Å². The van der Waals surface area contributed by atoms with E-state index in [4.69, 9.17) is 4.74 Å². The Morgan fingerprint density at radius 2 is 2.15 bits per heavy atom. The lowest BCUT2D eigenvalue weighted by Crippen LogP contribution is -2.18. The van der Waals surface area contributed by atoms with Gasteiger partial charge in [0.2, 0.25) is 0 Å². The summed E-state index contributed by atoms with van der Waals surface area (Å²) < 4.78 is 5.30. The van der Waals surface area contributed by atoms with Crippen molar-refractivity contribution in [2.45, 2.75) is 32.6 Å². The average molecular weight is 181 g/mol. The molecule has 1 aliphatic carbocycles. The molecule has 0 fully saturated rings. The predicted molar refractivity (Wildman–Crippen MR) is 55.3 cm³/mol. The summed E-state index contributed by atoms with van der Waals surface area (Å²) in [6.07, 6.45) is 8.74. The van der Waals surface area contributed by atoms with Crippen LogP contribution in [0.3, 0.4) is 0 Å². The first-order chi connectivity index (χ1) is 6.38. The highest BCUT2D eigenvalue weighted by Gasteiger charge is 2.07. The van der Waals surface area contributed by atoms with Gasteiger partial charge < -0.3 is 10.1 Å². The molecule has 0 unspecified atom stereocenters. The number of hydrogen-bond acceptors (Lipinski definition) is 2. The van der Waals surface area contributed by atoms with Crippen molar-refractivity contribution < 1.29 is 4.74 Å². The molecule has 0 aromatic heterocycles. The molecule has 0 amide bonds. The molecule has 0 heterocycles. The van der Waals surface area contributed by atoms with Crippen LogP contribution < -0.4 is 5.32 Å². The van der Waals surface area contributed by atoms with Crippen LogP contribution in [0.25, 0.3) is 0 Å². The van der Waals surface area contributed by atoms with Crippen LogP contribution in [-0.4, -0.2) is 13.7 Å². The van der Waals surface area contributed by atoms with Crippen LogP contribution in [0.1, 0.15) is 32.6 Å². The second kappa shape index (κ2) is 5.68. The van der Waals surface area contributed by atoms with Gasteiger partial charge in [0.05, 0.1) is 12.8 Å². The summed E-state index contributed by atoms with van der Waals surface area (Å²) in [5, 5.41) is 3.43. The summed E-state index contributed by atoms with van der Waals surface area (Å²) in [5.41, 5.74) is 1.26. The van der Waals surface area contributed by atoms with Gasteiger partial charge in [-0.25, -0.2) is 0 Å². The second-order valence-electron chi connectivity index (χ2n) is 3.27. The summed E-state index contributed by atoms with van der Waals surface area (Å²) in [6, 6.07) is 0. The van der Waals surface area contributed by atoms with Crippen molar-refractivity contribution in [3.05, 3.63) is 23.6 Å². The Morgan fingerprint density at radius 3 is 2.85 bits per heavy atom. The van der Waals surface area contributed by atoms with E-state index >= 15 is 0 Å². The fourth-order valence-corrected chi connectivity index (χ4v) is 1.42. The normalized spacial score (nSPS) is 16.2. The van der Waals surface area contributed by atoms with Crippen LogP contribution in [-0.2, 0) is 4.74 Å². The third-order valence-corrected chi connectivity index (χ3v) is 2.24. The SMILES string of the molecule is CCCCNC1=C(OC)CC=CC1. The minimum Gasteiger partial charge on any atom is -0.499 e. The molecule has 0 bridgehead atoms. The van der Waals surface area contributed by atoms with Crippen LogP contribution in [0.5, 0.6) is 0 Å². The van der Waals surface area contributed by atoms with E-state index in [0.29, 0.717) is 0 Å². The lowest BCUT2D eigenvalue weighted by molar-refractivity contribution is 0.274. The van der Waals surface area contributed by atoms with E-state index in [-0.39, 0.29) is 0 Å². The maximum absolute atomic E-state index is 5.30. The minimum atomic E-state index is 0.935. The molecule has 1 N–H and O–H groups in total. The average Bonchev–Trinajstić information content (AvgIpc) is 2.19. The molecule has 0 spiro atoms. The number of nitrogens with one attached hydrogen (secondary N) is 1. The van der Waals surface area contributed by atoms with Gasteiger partial charge >= 0.3 is 0 Å². The van der Waals surface area contributed by atoms with Crippen LogP contribution in [0, 0.1) is 0 Å². The minimum absolute atomic E-state index is 0.935. The molecule has 0 aromatic rings. The molecule has 0 aliphatic heterocycles. The van der Waals surface area contributed by atoms with Gasteiger partial charge in [0.1, 0.15) is 5.76 Å². The predicted octanol–water partition coefficient (Wildman–Crippen LogP) is 2.58. The molecule has 1 rings (SSSR count). The van der Waals surface area contributed by atoms with E-state index in [1.807, 2.05) is 0 Å². The van der Waals surface area contributed by atoms with E-state index in [1.165, 1.54) is 18.5 Å². The molecule has 1 aliphatic rings. The van der Waals surface area contributed by atoms with E-state index in [2.05, 4.69) is 24.4 Å². The standard InChI is InChI=1S/C11H19NO/c1-3-4-9-12-10-7-5-6-8-11(10)13-2/h5-6,12H,3-4,7-9H2,1-2H3. The lowest BCUT2D eigenvalue weighted by Gasteiger charge is -2.16. The van der Waals surface area contributed by atoms with Crippen molar-refractivity contribution in [3.63, 3.8) is 0 Å². The summed E-state index contributed by atoms with van der Waals surface area (Å²) in [6.45, 7) is 3.26. The van der Waals surface area contributed by atoms with Crippen LogP contribution >= 0.6 is 0 Å². The lowest BCUT2D eigenvalue weighted by atomic mass is 10.1. The van der Waals surface area contributed by atoms with Crippen molar-refractivity contribution in [2.75, 3.05) is 13.7 Å². The Bertz CT molecular complexity index is 206. The topological polar surface area (TPSA) is 21.3 Å². The van der Waals surface area contributed by atoms with Crippen molar-refractivity contribution >= 4 is 0 Å². The van der Waals surface area contributed by atoms with Crippen molar-refractivity contribution in [3.8, 4) is 0 Å². The smallest absolute Gasteiger partial charge is 0.118 e. The van der Waals surface area contributed by atoms with Gasteiger partial charge in [-0.3, -0.25) is 0 Å². The number of rotatable bonds is 5. The number of allylic oxidation sites excluding steroid dienone is 2. The number of unbranched alkanes of at least 4 members (excludes halogenated alkanes) is 1. The first kappa shape index (κ1) is 10.2. The Balaban J connectivity index is 2.39. The first-order valence-electron chi connectivity index (χ1n) is 5.03. The molecular formula is C11H19NO. The first-order valence-corrected chi connectivity index (χ1v) is 5.03. The summed E-state index contributed by atoms with van der Waals surface area (Å²) in [5.74, 6) is 1.10. The van der Waals surface area contributed by atoms with Crippen LogP contribution in [0.4, 0.5) is 0 Å². The van der Waals surface area contributed by atoms with Crippen LogP contribution in [0.15, 0.2) is 23.6 Å². The van der Waals surface area contributed by atoms with Gasteiger partial charge in [-0.1, -0.05) is 25.5 Å². The van der Waals surface area contributed by atoms with E-state index in [0.717, 1.165) is 25.1 Å². The van der Waals surface area contributed by atoms with Gasteiger partial charge in [-0.2, -0.15) is 0 Å². The van der Waals surface area contributed by atoms with E-state index < -0.39 is 0 Å². The largest absolute Gasteiger partial charge is 0.499 e. The van der Waals surface area contributed by atoms with E-state index in [1.54, 1.807) is 7.11 Å². The van der Waals surface area contributed by atoms with Gasteiger partial charge in [-0.15, -0.1) is 0 Å². The summed E-state index contributed by atoms with van der Waals surface area (Å²) >= 11 is 0. The maximum atomic E-state index is 5.30. The molecule has 0 aromatic carbocycles. The van der Waals surface area contributed by atoms with Gasteiger partial charge in [0.25, 0.3) is 0 Å². The Morgan fingerprint density at radius 1 is 1.38 bits per heavy atom. The third kappa shape index (κ3) is 3.13. The molecule has 2 nitrogen and oxygen atoms in total. The number of hydrogen-bond donors (Lipinski definition) is 1. The van der Waals surface area contributed by atoms with Gasteiger partial charge in [-0.05, 0) is 6.42 Å². The maximum Gasteiger partial charge on any atom is 0.118 e. The summed E-state index contributed by atoms with van der Waals surface area (Å²) in [7, 11) is 1.75. The third-order valence-electron chi connectivity index (χ3n) is 2.24. The second-order valence-corrected chi connectivity index (χ2v) is 3.27. The van der Waals surface area contributed by atoms with Crippen LogP contribution in [0.2, 0.25) is 0 Å². The fraction of sp³-hybridized carbons (Fsp3) is 0.636. The number of ether oxygens (including phenoxy) is 1. The van der Waals surface area contributed by atoms with Crippen molar-refractivity contribution in [1.29, 1.82) is 0 Å². The molecule has 0 saturated heterocycles. The van der Waals surface area contributed by atoms with Gasteiger partial charge in [0.15, 0.2) is 0 Å². The highest BCUT2D eigenvalue weighted by Crippen LogP contribution is 2.17. The Labute approximate surface area is 80.7 Å². The molecule has 2 heteroatoms. The Kier molecular flexibility index (Phi) is 4.44. The zero-order chi connectivity index (χ0) is 9.52. The molecule has 0 saturated carbocycles. The van der Waals surface area contributed by atoms with Crippen molar-refractivity contribution in [1.82, 2.24) is 5.32 Å². The highest BCUT2D eigenvalue weighted by molar-refractivity contribution is 5.18. The molecule has 0 atom stereocenters. The number of methoxy groups -OCH3 is 1. The highest BCUT2D eigenvalue weighted by atomic mass is 16.5. The quantitative estimate of drug-likeness (QED) is 0.520.